The Bertz CT molecular complexity index is 2360. The zero-order valence-electron chi connectivity index (χ0n) is 41.0. The second-order valence-electron chi connectivity index (χ2n) is 22.7. The van der Waals surface area contributed by atoms with Gasteiger partial charge in [-0.2, -0.15) is 0 Å². The summed E-state index contributed by atoms with van der Waals surface area (Å²) in [5.41, 5.74) is 4.69. The lowest BCUT2D eigenvalue weighted by molar-refractivity contribution is -0.246. The number of carbonyl (C=O) groups is 4. The lowest BCUT2D eigenvalue weighted by Gasteiger charge is -2.72. The highest BCUT2D eigenvalue weighted by Gasteiger charge is 2.71. The molecule has 0 aliphatic heterocycles. The summed E-state index contributed by atoms with van der Waals surface area (Å²) in [6.07, 6.45) is 11.2. The third-order valence-corrected chi connectivity index (χ3v) is 19.2. The lowest BCUT2D eigenvalue weighted by atomic mass is 9.32. The maximum Gasteiger partial charge on any atom is 0.328 e. The van der Waals surface area contributed by atoms with Crippen molar-refractivity contribution in [2.45, 2.75) is 137 Å². The number of nitrogens with one attached hydrogen (secondary N) is 3. The number of methoxy groups -OCH3 is 1. The van der Waals surface area contributed by atoms with Crippen molar-refractivity contribution in [3.63, 3.8) is 0 Å². The third kappa shape index (κ3) is 8.63. The zero-order valence-corrected chi connectivity index (χ0v) is 41.0. The molecule has 10 nitrogen and oxygen atoms in total. The average Bonchev–Trinajstić information content (AvgIpc) is 3.72. The van der Waals surface area contributed by atoms with Gasteiger partial charge in [-0.3, -0.25) is 14.4 Å². The van der Waals surface area contributed by atoms with Crippen LogP contribution in [0, 0.1) is 56.7 Å². The number of ether oxygens (including phenoxy) is 1. The maximum absolute atomic E-state index is 14.8. The summed E-state index contributed by atoms with van der Waals surface area (Å²) in [6.45, 7) is 19.9. The molecule has 5 fully saturated rings. The van der Waals surface area contributed by atoms with E-state index >= 15 is 0 Å². The van der Waals surface area contributed by atoms with Gasteiger partial charge in [0.25, 0.3) is 11.8 Å². The molecule has 0 radical (unpaired) electrons. The molecule has 3 aromatic rings. The molecule has 0 aromatic heterocycles. The van der Waals surface area contributed by atoms with Crippen LogP contribution in [-0.2, 0) is 33.7 Å². The van der Waals surface area contributed by atoms with Gasteiger partial charge in [-0.15, -0.1) is 0 Å². The number of phenolic OH excluding ortho intramolecular Hbond substituents is 1. The first kappa shape index (κ1) is 48.5. The standard InChI is InChI=1S/C57H75N3O7/c1-35(2)42-22-28-57(30-29-55(6)43(48(42)57)20-21-46-54(5)26-24-47(62)53(3,4)45(54)23-27-56(46,55)7)52(66)58-31-25-36-10-9-11-40(32-36)49(63)59-34-38-12-16-39(17-13-38)50(64)60-44(51(65)67-8)33-37-14-18-41(61)19-15-37/h9-19,32,42-48,61-62H,1,20-31,33-34H2,2-8H3,(H,58,66)(H,59,63)(H,60,64)/t42-,43?,44+,45?,46?,47-,48?,54-,55+,56+,57-/m0/s1. The Morgan fingerprint density at radius 2 is 1.46 bits per heavy atom. The number of aromatic hydroxyl groups is 1. The first-order chi connectivity index (χ1) is 31.8. The summed E-state index contributed by atoms with van der Waals surface area (Å²) in [7, 11) is 1.27. The van der Waals surface area contributed by atoms with E-state index in [4.69, 9.17) is 4.74 Å². The molecule has 0 saturated heterocycles. The fraction of sp³-hybridized carbons (Fsp3) is 0.579. The average molecular weight is 914 g/mol. The number of hydrogen-bond acceptors (Lipinski definition) is 7. The molecule has 8 rings (SSSR count). The molecule has 5 saturated carbocycles. The van der Waals surface area contributed by atoms with Crippen molar-refractivity contribution in [3.05, 3.63) is 113 Å². The number of aliphatic hydroxyl groups excluding tert-OH is 1. The smallest absolute Gasteiger partial charge is 0.328 e. The predicted octanol–water partition coefficient (Wildman–Crippen LogP) is 9.51. The van der Waals surface area contributed by atoms with Crippen LogP contribution in [0.25, 0.3) is 0 Å². The minimum Gasteiger partial charge on any atom is -0.508 e. The van der Waals surface area contributed by atoms with E-state index in [1.165, 1.54) is 44.1 Å². The summed E-state index contributed by atoms with van der Waals surface area (Å²) in [6, 6.07) is 19.9. The SMILES string of the molecule is C=C(C)[C@@H]1CC[C@]2(C(=O)NCCc3cccc(C(=O)NCc4ccc(C(=O)N[C@H](Cc5ccc(O)cc5)C(=O)OC)cc4)c3)CC[C@]3(C)C(CCC4[C@@]5(C)CC[C@H](O)C(C)(C)C5CC[C@]43C)C12. The van der Waals surface area contributed by atoms with Crippen molar-refractivity contribution < 1.29 is 34.1 Å². The molecule has 5 aliphatic carbocycles. The van der Waals surface area contributed by atoms with Gasteiger partial charge in [-0.05, 0) is 182 Å². The lowest BCUT2D eigenvalue weighted by Crippen LogP contribution is -2.67. The van der Waals surface area contributed by atoms with E-state index in [1.807, 2.05) is 18.2 Å². The van der Waals surface area contributed by atoms with Gasteiger partial charge in [0.15, 0.2) is 0 Å². The monoisotopic (exact) mass is 914 g/mol. The Kier molecular flexibility index (Phi) is 13.4. The van der Waals surface area contributed by atoms with E-state index in [9.17, 15) is 29.4 Å². The van der Waals surface area contributed by atoms with Crippen molar-refractivity contribution in [2.24, 2.45) is 56.7 Å². The van der Waals surface area contributed by atoms with E-state index in [1.54, 1.807) is 42.5 Å². The number of amides is 3. The molecule has 3 amide bonds. The highest BCUT2D eigenvalue weighted by molar-refractivity contribution is 5.97. The van der Waals surface area contributed by atoms with Crippen LogP contribution in [0.3, 0.4) is 0 Å². The summed E-state index contributed by atoms with van der Waals surface area (Å²) >= 11 is 0. The minimum absolute atomic E-state index is 0.0756. The number of hydrogen-bond donors (Lipinski definition) is 5. The normalized spacial score (nSPS) is 33.1. The molecule has 360 valence electrons. The maximum atomic E-state index is 14.8. The molecular weight excluding hydrogens is 839 g/mol. The van der Waals surface area contributed by atoms with Gasteiger partial charge in [0.1, 0.15) is 11.8 Å². The largest absolute Gasteiger partial charge is 0.508 e. The van der Waals surface area contributed by atoms with Crippen molar-refractivity contribution in [1.82, 2.24) is 16.0 Å². The predicted molar refractivity (Wildman–Crippen MR) is 261 cm³/mol. The van der Waals surface area contributed by atoms with E-state index in [0.717, 1.165) is 61.6 Å². The van der Waals surface area contributed by atoms with Crippen LogP contribution < -0.4 is 16.0 Å². The van der Waals surface area contributed by atoms with Crippen molar-refractivity contribution >= 4 is 23.7 Å². The fourth-order valence-corrected chi connectivity index (χ4v) is 15.4. The van der Waals surface area contributed by atoms with Gasteiger partial charge < -0.3 is 30.9 Å². The number of carbonyl (C=O) groups excluding carboxylic acids is 4. The van der Waals surface area contributed by atoms with Crippen molar-refractivity contribution in [1.29, 1.82) is 0 Å². The van der Waals surface area contributed by atoms with Gasteiger partial charge in [0.05, 0.1) is 18.6 Å². The number of esters is 1. The number of fused-ring (bicyclic) bond motifs is 7. The molecule has 0 heterocycles. The molecule has 4 unspecified atom stereocenters. The van der Waals surface area contributed by atoms with E-state index in [2.05, 4.69) is 64.1 Å². The van der Waals surface area contributed by atoms with Crippen LogP contribution >= 0.6 is 0 Å². The Balaban J connectivity index is 0.872. The van der Waals surface area contributed by atoms with Gasteiger partial charge in [-0.1, -0.05) is 83.2 Å². The van der Waals surface area contributed by atoms with Crippen LogP contribution in [0.5, 0.6) is 5.75 Å². The Morgan fingerprint density at radius 1 is 0.746 bits per heavy atom. The van der Waals surface area contributed by atoms with Crippen LogP contribution in [-0.4, -0.2) is 59.7 Å². The van der Waals surface area contributed by atoms with Crippen molar-refractivity contribution in [3.8, 4) is 5.75 Å². The highest BCUT2D eigenvalue weighted by atomic mass is 16.5. The zero-order chi connectivity index (χ0) is 48.1. The number of benzene rings is 3. The Hall–Kier alpha value is -4.96. The summed E-state index contributed by atoms with van der Waals surface area (Å²) in [5, 5.41) is 30.0. The number of aliphatic hydroxyl groups is 1. The summed E-state index contributed by atoms with van der Waals surface area (Å²) < 4.78 is 4.92. The third-order valence-electron chi connectivity index (χ3n) is 19.2. The van der Waals surface area contributed by atoms with Gasteiger partial charge in [-0.25, -0.2) is 4.79 Å². The molecule has 11 atom stereocenters. The number of allylic oxidation sites excluding steroid dienone is 1. The molecule has 5 N–H and O–H groups in total. The fourth-order valence-electron chi connectivity index (χ4n) is 15.4. The number of rotatable bonds is 13. The van der Waals surface area contributed by atoms with E-state index in [-0.39, 0.29) is 64.2 Å². The second-order valence-corrected chi connectivity index (χ2v) is 22.7. The van der Waals surface area contributed by atoms with Gasteiger partial charge in [0.2, 0.25) is 5.91 Å². The molecule has 0 spiro atoms. The Morgan fingerprint density at radius 3 is 2.16 bits per heavy atom. The molecular formula is C57H75N3O7. The first-order valence-electron chi connectivity index (χ1n) is 25.0. The summed E-state index contributed by atoms with van der Waals surface area (Å²) in [4.78, 5) is 53.8. The molecule has 0 bridgehead atoms. The molecule has 3 aromatic carbocycles. The molecule has 5 aliphatic rings. The van der Waals surface area contributed by atoms with E-state index < -0.39 is 23.3 Å². The van der Waals surface area contributed by atoms with Crippen LogP contribution in [0.4, 0.5) is 0 Å². The number of phenols is 1. The topological polar surface area (TPSA) is 154 Å². The minimum atomic E-state index is -0.916. The van der Waals surface area contributed by atoms with Gasteiger partial charge >= 0.3 is 5.97 Å². The molecule has 67 heavy (non-hydrogen) atoms. The van der Waals surface area contributed by atoms with Gasteiger partial charge in [0, 0.05) is 30.6 Å². The quantitative estimate of drug-likeness (QED) is 0.0846. The van der Waals surface area contributed by atoms with Crippen LogP contribution in [0.1, 0.15) is 143 Å². The van der Waals surface area contributed by atoms with Crippen molar-refractivity contribution in [2.75, 3.05) is 13.7 Å². The Labute approximate surface area is 398 Å². The highest BCUT2D eigenvalue weighted by Crippen LogP contribution is 2.77. The van der Waals surface area contributed by atoms with Crippen LogP contribution in [0.15, 0.2) is 84.9 Å². The first-order valence-corrected chi connectivity index (χ1v) is 25.0. The summed E-state index contributed by atoms with van der Waals surface area (Å²) in [5.74, 6) is 1.28. The molecule has 10 heteroatoms. The second kappa shape index (κ2) is 18.5. The van der Waals surface area contributed by atoms with E-state index in [0.29, 0.717) is 47.8 Å². The van der Waals surface area contributed by atoms with Crippen LogP contribution in [0.2, 0.25) is 0 Å².